The van der Waals surface area contributed by atoms with E-state index in [1.54, 1.807) is 30.5 Å². The molecule has 0 aliphatic carbocycles. The van der Waals surface area contributed by atoms with Crippen molar-refractivity contribution in [1.82, 2.24) is 20.8 Å². The zero-order chi connectivity index (χ0) is 13.7. The molecule has 0 aromatic carbocycles. The number of nitrogens with zero attached hydrogens (tertiary/aromatic N) is 1. The molecule has 0 atom stereocenters. The molecular weight excluding hydrogens is 248 g/mol. The summed E-state index contributed by atoms with van der Waals surface area (Å²) in [5.74, 6) is -0.764. The van der Waals surface area contributed by atoms with Crippen molar-refractivity contribution in [1.29, 1.82) is 0 Å². The molecule has 7 nitrogen and oxygen atoms in total. The molecule has 2 aromatic rings. The molecule has 2 rings (SSSR count). The molecular formula is C12H12N4O3. The third-order valence-corrected chi connectivity index (χ3v) is 2.34. The quantitative estimate of drug-likeness (QED) is 0.700. The molecule has 0 aliphatic rings. The van der Waals surface area contributed by atoms with Gasteiger partial charge in [0, 0.05) is 12.4 Å². The summed E-state index contributed by atoms with van der Waals surface area (Å²) in [5.41, 5.74) is 5.14. The molecule has 0 saturated heterocycles. The monoisotopic (exact) mass is 260 g/mol. The molecule has 2 amide bonds. The fourth-order valence-electron chi connectivity index (χ4n) is 1.45. The SMILES string of the molecule is COc1ncccc1C(=O)NNC(=O)c1ccc[nH]1. The highest BCUT2D eigenvalue weighted by Gasteiger charge is 2.14. The van der Waals surface area contributed by atoms with Gasteiger partial charge in [-0.1, -0.05) is 0 Å². The Morgan fingerprint density at radius 3 is 2.68 bits per heavy atom. The van der Waals surface area contributed by atoms with E-state index in [1.165, 1.54) is 13.3 Å². The van der Waals surface area contributed by atoms with Gasteiger partial charge >= 0.3 is 0 Å². The molecule has 19 heavy (non-hydrogen) atoms. The number of aromatic nitrogens is 2. The first-order chi connectivity index (χ1) is 9.22. The zero-order valence-corrected chi connectivity index (χ0v) is 10.1. The lowest BCUT2D eigenvalue weighted by Gasteiger charge is -2.08. The van der Waals surface area contributed by atoms with Crippen LogP contribution in [0.2, 0.25) is 0 Å². The first-order valence-electron chi connectivity index (χ1n) is 5.45. The highest BCUT2D eigenvalue weighted by molar-refractivity contribution is 5.99. The van der Waals surface area contributed by atoms with E-state index in [4.69, 9.17) is 4.74 Å². The molecule has 0 radical (unpaired) electrons. The largest absolute Gasteiger partial charge is 0.480 e. The molecule has 2 aromatic heterocycles. The minimum Gasteiger partial charge on any atom is -0.480 e. The van der Waals surface area contributed by atoms with Gasteiger partial charge in [0.15, 0.2) is 0 Å². The maximum atomic E-state index is 11.8. The Balaban J connectivity index is 2.00. The van der Waals surface area contributed by atoms with E-state index >= 15 is 0 Å². The number of aromatic amines is 1. The van der Waals surface area contributed by atoms with Crippen molar-refractivity contribution in [2.45, 2.75) is 0 Å². The van der Waals surface area contributed by atoms with E-state index in [-0.39, 0.29) is 11.4 Å². The second-order valence-corrected chi connectivity index (χ2v) is 3.55. The van der Waals surface area contributed by atoms with Crippen molar-refractivity contribution in [3.63, 3.8) is 0 Å². The van der Waals surface area contributed by atoms with Gasteiger partial charge in [-0.05, 0) is 24.3 Å². The number of nitrogens with one attached hydrogen (secondary N) is 3. The number of hydrazine groups is 1. The van der Waals surface area contributed by atoms with Gasteiger partial charge in [0.1, 0.15) is 11.3 Å². The van der Waals surface area contributed by atoms with Crippen LogP contribution in [0.4, 0.5) is 0 Å². The minimum atomic E-state index is -0.509. The lowest BCUT2D eigenvalue weighted by Crippen LogP contribution is -2.41. The van der Waals surface area contributed by atoms with Gasteiger partial charge in [-0.25, -0.2) is 4.98 Å². The van der Waals surface area contributed by atoms with Crippen molar-refractivity contribution in [2.24, 2.45) is 0 Å². The van der Waals surface area contributed by atoms with E-state index < -0.39 is 11.8 Å². The van der Waals surface area contributed by atoms with Gasteiger partial charge in [-0.2, -0.15) is 0 Å². The van der Waals surface area contributed by atoms with Gasteiger partial charge in [-0.15, -0.1) is 0 Å². The molecule has 2 heterocycles. The first kappa shape index (κ1) is 12.6. The molecule has 0 saturated carbocycles. The summed E-state index contributed by atoms with van der Waals surface area (Å²) in [6, 6.07) is 6.42. The number of ether oxygens (including phenoxy) is 1. The zero-order valence-electron chi connectivity index (χ0n) is 10.1. The number of H-pyrrole nitrogens is 1. The molecule has 0 spiro atoms. The number of carbonyl (C=O) groups excluding carboxylic acids is 2. The third kappa shape index (κ3) is 2.89. The van der Waals surface area contributed by atoms with Gasteiger partial charge < -0.3 is 9.72 Å². The lowest BCUT2D eigenvalue weighted by atomic mass is 10.2. The smallest absolute Gasteiger partial charge is 0.286 e. The van der Waals surface area contributed by atoms with Crippen LogP contribution in [0.15, 0.2) is 36.7 Å². The number of methoxy groups -OCH3 is 1. The molecule has 98 valence electrons. The Labute approximate surface area is 109 Å². The van der Waals surface area contributed by atoms with E-state index in [1.807, 2.05) is 0 Å². The number of pyridine rings is 1. The van der Waals surface area contributed by atoms with Crippen LogP contribution in [0.5, 0.6) is 5.88 Å². The summed E-state index contributed by atoms with van der Waals surface area (Å²) >= 11 is 0. The van der Waals surface area contributed by atoms with Crippen LogP contribution in [-0.2, 0) is 0 Å². The van der Waals surface area contributed by atoms with Crippen molar-refractivity contribution >= 4 is 11.8 Å². The standard InChI is InChI=1S/C12H12N4O3/c1-19-12-8(4-2-7-14-12)10(17)15-16-11(18)9-5-3-6-13-9/h2-7,13H,1H3,(H,15,17)(H,16,18). The topological polar surface area (TPSA) is 96.1 Å². The maximum absolute atomic E-state index is 11.8. The Morgan fingerprint density at radius 1 is 1.21 bits per heavy atom. The number of hydrogen-bond acceptors (Lipinski definition) is 4. The van der Waals surface area contributed by atoms with Crippen LogP contribution < -0.4 is 15.6 Å². The van der Waals surface area contributed by atoms with Gasteiger partial charge in [0.25, 0.3) is 11.8 Å². The third-order valence-electron chi connectivity index (χ3n) is 2.34. The summed E-state index contributed by atoms with van der Waals surface area (Å²) < 4.78 is 4.95. The molecule has 7 heteroatoms. The molecule has 0 fully saturated rings. The van der Waals surface area contributed by atoms with E-state index in [2.05, 4.69) is 20.8 Å². The summed E-state index contributed by atoms with van der Waals surface area (Å²) in [6.45, 7) is 0. The molecule has 0 bridgehead atoms. The first-order valence-corrected chi connectivity index (χ1v) is 5.45. The van der Waals surface area contributed by atoms with Crippen LogP contribution >= 0.6 is 0 Å². The van der Waals surface area contributed by atoms with Gasteiger partial charge in [-0.3, -0.25) is 20.4 Å². The predicted molar refractivity (Wildman–Crippen MR) is 66.5 cm³/mol. The minimum absolute atomic E-state index is 0.189. The number of amides is 2. The summed E-state index contributed by atoms with van der Waals surface area (Å²) in [6.07, 6.45) is 3.12. The van der Waals surface area contributed by atoms with Crippen LogP contribution in [0.25, 0.3) is 0 Å². The second kappa shape index (κ2) is 5.67. The lowest BCUT2D eigenvalue weighted by molar-refractivity contribution is 0.0842. The van der Waals surface area contributed by atoms with Crippen molar-refractivity contribution < 1.29 is 14.3 Å². The highest BCUT2D eigenvalue weighted by atomic mass is 16.5. The second-order valence-electron chi connectivity index (χ2n) is 3.55. The number of carbonyl (C=O) groups is 2. The van der Waals surface area contributed by atoms with E-state index in [9.17, 15) is 9.59 Å². The van der Waals surface area contributed by atoms with Gasteiger partial charge in [0.2, 0.25) is 5.88 Å². The molecule has 0 unspecified atom stereocenters. The van der Waals surface area contributed by atoms with Crippen molar-refractivity contribution in [3.05, 3.63) is 47.9 Å². The average molecular weight is 260 g/mol. The summed E-state index contributed by atoms with van der Waals surface area (Å²) in [7, 11) is 1.41. The van der Waals surface area contributed by atoms with E-state index in [0.717, 1.165) is 0 Å². The maximum Gasteiger partial charge on any atom is 0.286 e. The van der Waals surface area contributed by atoms with Crippen molar-refractivity contribution in [2.75, 3.05) is 7.11 Å². The Bertz CT molecular complexity index is 580. The normalized spacial score (nSPS) is 9.74. The molecule has 3 N–H and O–H groups in total. The molecule has 0 aliphatic heterocycles. The van der Waals surface area contributed by atoms with Gasteiger partial charge in [0.05, 0.1) is 7.11 Å². The van der Waals surface area contributed by atoms with Crippen LogP contribution in [0, 0.1) is 0 Å². The number of rotatable bonds is 3. The van der Waals surface area contributed by atoms with Crippen LogP contribution in [0.1, 0.15) is 20.8 Å². The average Bonchev–Trinajstić information content (AvgIpc) is 2.98. The predicted octanol–water partition coefficient (Wildman–Crippen LogP) is 0.493. The Hall–Kier alpha value is -2.83. The van der Waals surface area contributed by atoms with E-state index in [0.29, 0.717) is 5.69 Å². The summed E-state index contributed by atoms with van der Waals surface area (Å²) in [5, 5.41) is 0. The Morgan fingerprint density at radius 2 is 2.00 bits per heavy atom. The fraction of sp³-hybridized carbons (Fsp3) is 0.0833. The fourth-order valence-corrected chi connectivity index (χ4v) is 1.45. The number of hydrogen-bond donors (Lipinski definition) is 3. The Kier molecular flexibility index (Phi) is 3.77. The highest BCUT2D eigenvalue weighted by Crippen LogP contribution is 2.12. The summed E-state index contributed by atoms with van der Waals surface area (Å²) in [4.78, 5) is 30.1. The van der Waals surface area contributed by atoms with Crippen molar-refractivity contribution in [3.8, 4) is 5.88 Å². The van der Waals surface area contributed by atoms with Crippen LogP contribution in [0.3, 0.4) is 0 Å². The van der Waals surface area contributed by atoms with Crippen LogP contribution in [-0.4, -0.2) is 28.9 Å².